The molecule has 0 radical (unpaired) electrons. The second-order valence-electron chi connectivity index (χ2n) is 5.71. The molecule has 2 nitrogen and oxygen atoms in total. The Kier molecular flexibility index (Phi) is 4.54. The number of thiocarbonyl (C=S) groups is 1. The number of hydrogen-bond acceptors (Lipinski definition) is 3. The van der Waals surface area contributed by atoms with E-state index in [2.05, 4.69) is 27.7 Å². The van der Waals surface area contributed by atoms with E-state index >= 15 is 0 Å². The van der Waals surface area contributed by atoms with E-state index in [-0.39, 0.29) is 11.7 Å². The lowest BCUT2D eigenvalue weighted by atomic mass is 9.99. The van der Waals surface area contributed by atoms with E-state index in [4.69, 9.17) is 12.2 Å². The highest BCUT2D eigenvalue weighted by molar-refractivity contribution is 7.80. The molecule has 1 aromatic carbocycles. The maximum absolute atomic E-state index is 14.0. The molecular weight excluding hydrogens is 378 g/mol. The summed E-state index contributed by atoms with van der Waals surface area (Å²) in [5.41, 5.74) is 1.44. The maximum atomic E-state index is 14.0. The van der Waals surface area contributed by atoms with Gasteiger partial charge in [-0.2, -0.15) is 0 Å². The van der Waals surface area contributed by atoms with Crippen molar-refractivity contribution < 1.29 is 8.78 Å². The molecule has 7 heteroatoms. The van der Waals surface area contributed by atoms with Crippen LogP contribution in [0.5, 0.6) is 0 Å². The van der Waals surface area contributed by atoms with Gasteiger partial charge in [0.1, 0.15) is 11.6 Å². The maximum Gasteiger partial charge on any atom is 0.174 e. The van der Waals surface area contributed by atoms with Crippen molar-refractivity contribution in [2.45, 2.75) is 12.5 Å². The van der Waals surface area contributed by atoms with E-state index in [0.29, 0.717) is 5.11 Å². The van der Waals surface area contributed by atoms with Crippen LogP contribution < -0.4 is 5.32 Å². The lowest BCUT2D eigenvalue weighted by molar-refractivity contribution is 0.350. The molecular formula is C18H14F2N2S3. The zero-order chi connectivity index (χ0) is 17.4. The minimum absolute atomic E-state index is 0.0264. The molecule has 0 aliphatic carbocycles. The van der Waals surface area contributed by atoms with Crippen LogP contribution in [0.1, 0.15) is 21.4 Å². The molecule has 4 rings (SSSR count). The summed E-state index contributed by atoms with van der Waals surface area (Å²) in [7, 11) is 0. The van der Waals surface area contributed by atoms with Crippen LogP contribution in [-0.2, 0) is 6.42 Å². The molecule has 3 aromatic rings. The van der Waals surface area contributed by atoms with Crippen molar-refractivity contribution in [1.82, 2.24) is 4.90 Å². The number of nitrogens with zero attached hydrogens (tertiary/aromatic N) is 1. The van der Waals surface area contributed by atoms with Crippen LogP contribution in [0.4, 0.5) is 14.5 Å². The average molecular weight is 393 g/mol. The number of fused-ring (bicyclic) bond motifs is 1. The summed E-state index contributed by atoms with van der Waals surface area (Å²) in [4.78, 5) is 4.65. The van der Waals surface area contributed by atoms with Gasteiger partial charge in [-0.3, -0.25) is 0 Å². The summed E-state index contributed by atoms with van der Waals surface area (Å²) < 4.78 is 27.1. The zero-order valence-electron chi connectivity index (χ0n) is 13.0. The molecule has 2 aromatic heterocycles. The predicted octanol–water partition coefficient (Wildman–Crippen LogP) is 5.43. The number of halogens is 2. The second-order valence-corrected chi connectivity index (χ2v) is 8.08. The summed E-state index contributed by atoms with van der Waals surface area (Å²) in [5, 5.41) is 7.54. The molecule has 128 valence electrons. The Hall–Kier alpha value is -1.83. The van der Waals surface area contributed by atoms with Gasteiger partial charge < -0.3 is 10.2 Å². The van der Waals surface area contributed by atoms with E-state index < -0.39 is 11.6 Å². The molecule has 3 heterocycles. The molecule has 1 N–H and O–H groups in total. The van der Waals surface area contributed by atoms with Gasteiger partial charge in [0.05, 0.1) is 11.7 Å². The first-order valence-corrected chi connectivity index (χ1v) is 9.92. The van der Waals surface area contributed by atoms with E-state index in [1.807, 2.05) is 11.4 Å². The van der Waals surface area contributed by atoms with Crippen LogP contribution in [0, 0.1) is 11.6 Å². The second kappa shape index (κ2) is 6.82. The van der Waals surface area contributed by atoms with Gasteiger partial charge in [0.25, 0.3) is 0 Å². The first-order chi connectivity index (χ1) is 12.1. The van der Waals surface area contributed by atoms with Crippen molar-refractivity contribution in [1.29, 1.82) is 0 Å². The van der Waals surface area contributed by atoms with Crippen LogP contribution >= 0.6 is 34.9 Å². The molecule has 0 bridgehead atoms. The zero-order valence-corrected chi connectivity index (χ0v) is 15.5. The van der Waals surface area contributed by atoms with Gasteiger partial charge in [-0.15, -0.1) is 22.7 Å². The Labute approximate surface area is 157 Å². The van der Waals surface area contributed by atoms with E-state index in [1.54, 1.807) is 22.7 Å². The molecule has 0 unspecified atom stereocenters. The van der Waals surface area contributed by atoms with Crippen molar-refractivity contribution in [2.75, 3.05) is 11.9 Å². The van der Waals surface area contributed by atoms with Gasteiger partial charge in [0, 0.05) is 22.4 Å². The molecule has 25 heavy (non-hydrogen) atoms. The number of benzene rings is 1. The fourth-order valence-electron chi connectivity index (χ4n) is 3.07. The average Bonchev–Trinajstić information content (AvgIpc) is 3.27. The number of rotatable bonds is 2. The molecule has 1 aliphatic heterocycles. The summed E-state index contributed by atoms with van der Waals surface area (Å²) in [5.74, 6) is -1.26. The minimum Gasteiger partial charge on any atom is -0.337 e. The highest BCUT2D eigenvalue weighted by Crippen LogP contribution is 2.39. The Balaban J connectivity index is 1.65. The van der Waals surface area contributed by atoms with Crippen molar-refractivity contribution in [3.8, 4) is 0 Å². The normalized spacial score (nSPS) is 16.6. The van der Waals surface area contributed by atoms with Crippen molar-refractivity contribution in [3.05, 3.63) is 74.1 Å². The standard InChI is InChI=1S/C18H14F2N2S3/c19-11-3-4-14(13(20)10-11)21-18(23)22-7-5-15-12(6-9-25-15)17(22)16-2-1-8-24-16/h1-4,6,8-10,17H,5,7H2,(H,21,23)/t17-/m1/s1. The minimum atomic E-state index is -0.650. The third kappa shape index (κ3) is 3.19. The number of nitrogens with one attached hydrogen (secondary N) is 1. The highest BCUT2D eigenvalue weighted by atomic mass is 32.1. The SMILES string of the molecule is Fc1ccc(NC(=S)N2CCc3sccc3[C@@H]2c2cccs2)c(F)c1. The molecule has 0 saturated heterocycles. The van der Waals surface area contributed by atoms with Crippen molar-refractivity contribution in [3.63, 3.8) is 0 Å². The fraction of sp³-hybridized carbons (Fsp3) is 0.167. The van der Waals surface area contributed by atoms with Crippen LogP contribution in [0.2, 0.25) is 0 Å². The summed E-state index contributed by atoms with van der Waals surface area (Å²) >= 11 is 9.01. The summed E-state index contributed by atoms with van der Waals surface area (Å²) in [6, 6.07) is 9.73. The Bertz CT molecular complexity index is 905. The third-order valence-electron chi connectivity index (χ3n) is 4.21. The molecule has 1 aliphatic rings. The van der Waals surface area contributed by atoms with Gasteiger partial charge in [-0.1, -0.05) is 6.07 Å². The van der Waals surface area contributed by atoms with E-state index in [0.717, 1.165) is 19.0 Å². The van der Waals surface area contributed by atoms with Gasteiger partial charge in [0.15, 0.2) is 5.11 Å². The van der Waals surface area contributed by atoms with Gasteiger partial charge in [-0.05, 0) is 59.2 Å². The summed E-state index contributed by atoms with van der Waals surface area (Å²) in [6.45, 7) is 0.755. The molecule has 0 saturated carbocycles. The Morgan fingerprint density at radius 3 is 2.80 bits per heavy atom. The van der Waals surface area contributed by atoms with Crippen molar-refractivity contribution in [2.24, 2.45) is 0 Å². The topological polar surface area (TPSA) is 15.3 Å². The first-order valence-electron chi connectivity index (χ1n) is 7.76. The monoisotopic (exact) mass is 392 g/mol. The van der Waals surface area contributed by atoms with Gasteiger partial charge >= 0.3 is 0 Å². The van der Waals surface area contributed by atoms with E-state index in [9.17, 15) is 8.78 Å². The summed E-state index contributed by atoms with van der Waals surface area (Å²) in [6.07, 6.45) is 0.905. The van der Waals surface area contributed by atoms with E-state index in [1.165, 1.54) is 27.5 Å². The van der Waals surface area contributed by atoms with Crippen molar-refractivity contribution >= 4 is 45.7 Å². The molecule has 0 spiro atoms. The Morgan fingerprint density at radius 1 is 1.16 bits per heavy atom. The lowest BCUT2D eigenvalue weighted by Gasteiger charge is -2.37. The van der Waals surface area contributed by atoms with Crippen LogP contribution in [-0.4, -0.2) is 16.6 Å². The van der Waals surface area contributed by atoms with Crippen LogP contribution in [0.15, 0.2) is 47.2 Å². The number of hydrogen-bond donors (Lipinski definition) is 1. The quantitative estimate of drug-likeness (QED) is 0.585. The smallest absolute Gasteiger partial charge is 0.174 e. The first kappa shape index (κ1) is 16.6. The number of thiophene rings is 2. The highest BCUT2D eigenvalue weighted by Gasteiger charge is 2.32. The fourth-order valence-corrected chi connectivity index (χ4v) is 5.13. The molecule has 0 fully saturated rings. The van der Waals surface area contributed by atoms with Gasteiger partial charge in [-0.25, -0.2) is 8.78 Å². The lowest BCUT2D eigenvalue weighted by Crippen LogP contribution is -2.42. The van der Waals surface area contributed by atoms with Crippen LogP contribution in [0.3, 0.4) is 0 Å². The largest absolute Gasteiger partial charge is 0.337 e. The van der Waals surface area contributed by atoms with Gasteiger partial charge in [0.2, 0.25) is 0 Å². The third-order valence-corrected chi connectivity index (χ3v) is 6.47. The number of anilines is 1. The van der Waals surface area contributed by atoms with Crippen LogP contribution in [0.25, 0.3) is 0 Å². The Morgan fingerprint density at radius 2 is 2.04 bits per heavy atom. The molecule has 0 amide bonds. The predicted molar refractivity (Wildman–Crippen MR) is 103 cm³/mol. The molecule has 1 atom stereocenters.